The highest BCUT2D eigenvalue weighted by atomic mass is 19.1. The number of ketones is 1. The Balaban J connectivity index is 3.24. The molecular weight excluding hydrogens is 183 g/mol. The summed E-state index contributed by atoms with van der Waals surface area (Å²) >= 11 is 0. The largest absolute Gasteiger partial charge is 0.493 e. The first-order chi connectivity index (χ1) is 6.56. The number of carbonyl (C=O) groups is 1. The molecule has 0 heterocycles. The van der Waals surface area contributed by atoms with E-state index in [-0.39, 0.29) is 11.6 Å². The summed E-state index contributed by atoms with van der Waals surface area (Å²) in [6.45, 7) is 5.27. The summed E-state index contributed by atoms with van der Waals surface area (Å²) in [6.07, 6.45) is 0. The molecule has 0 unspecified atom stereocenters. The van der Waals surface area contributed by atoms with Crippen molar-refractivity contribution in [3.63, 3.8) is 0 Å². The van der Waals surface area contributed by atoms with Gasteiger partial charge in [-0.1, -0.05) is 0 Å². The average Bonchev–Trinajstić information content (AvgIpc) is 2.11. The molecule has 0 N–H and O–H groups in total. The van der Waals surface area contributed by atoms with E-state index in [0.29, 0.717) is 23.5 Å². The summed E-state index contributed by atoms with van der Waals surface area (Å²) in [7, 11) is 0. The normalized spacial score (nSPS) is 10.0. The number of aryl methyl sites for hydroxylation is 1. The van der Waals surface area contributed by atoms with Crippen molar-refractivity contribution in [1.29, 1.82) is 0 Å². The Morgan fingerprint density at radius 1 is 1.50 bits per heavy atom. The van der Waals surface area contributed by atoms with E-state index in [1.54, 1.807) is 13.8 Å². The number of Topliss-reactive ketones (excluding diaryl/α,β-unsaturated/α-hetero) is 1. The molecule has 0 fully saturated rings. The monoisotopic (exact) mass is 196 g/mol. The van der Waals surface area contributed by atoms with Crippen LogP contribution in [0.15, 0.2) is 12.1 Å². The van der Waals surface area contributed by atoms with E-state index in [1.807, 2.05) is 0 Å². The van der Waals surface area contributed by atoms with Crippen molar-refractivity contribution in [2.75, 3.05) is 6.61 Å². The first kappa shape index (κ1) is 10.7. The second kappa shape index (κ2) is 4.22. The summed E-state index contributed by atoms with van der Waals surface area (Å²) in [5.74, 6) is -0.141. The molecule has 0 saturated carbocycles. The molecule has 1 rings (SSSR count). The van der Waals surface area contributed by atoms with E-state index in [1.165, 1.54) is 19.1 Å². The van der Waals surface area contributed by atoms with Crippen molar-refractivity contribution in [2.45, 2.75) is 20.8 Å². The Labute approximate surface area is 82.7 Å². The third-order valence-corrected chi connectivity index (χ3v) is 1.94. The minimum absolute atomic E-state index is 0.114. The van der Waals surface area contributed by atoms with Gasteiger partial charge in [0.2, 0.25) is 0 Å². The van der Waals surface area contributed by atoms with Crippen LogP contribution >= 0.6 is 0 Å². The lowest BCUT2D eigenvalue weighted by Gasteiger charge is -2.09. The summed E-state index contributed by atoms with van der Waals surface area (Å²) in [6, 6.07) is 2.78. The van der Waals surface area contributed by atoms with Crippen molar-refractivity contribution >= 4 is 5.78 Å². The van der Waals surface area contributed by atoms with Crippen LogP contribution in [0.3, 0.4) is 0 Å². The van der Waals surface area contributed by atoms with Crippen LogP contribution in [0.25, 0.3) is 0 Å². The van der Waals surface area contributed by atoms with E-state index in [2.05, 4.69) is 0 Å². The molecule has 1 aromatic carbocycles. The fraction of sp³-hybridized carbons (Fsp3) is 0.364. The molecule has 14 heavy (non-hydrogen) atoms. The van der Waals surface area contributed by atoms with Crippen LogP contribution in [0, 0.1) is 12.7 Å². The number of ether oxygens (including phenoxy) is 1. The van der Waals surface area contributed by atoms with Crippen LogP contribution in [-0.4, -0.2) is 12.4 Å². The molecule has 0 bridgehead atoms. The minimum atomic E-state index is -0.349. The number of carbonyl (C=O) groups excluding carboxylic acids is 1. The first-order valence-corrected chi connectivity index (χ1v) is 4.50. The van der Waals surface area contributed by atoms with Crippen molar-refractivity contribution in [1.82, 2.24) is 0 Å². The van der Waals surface area contributed by atoms with Crippen LogP contribution in [0.5, 0.6) is 5.75 Å². The highest BCUT2D eigenvalue weighted by Gasteiger charge is 2.11. The molecule has 1 aromatic rings. The molecule has 0 spiro atoms. The SMILES string of the molecule is CCOc1cc(F)c(C)cc1C(C)=O. The predicted molar refractivity (Wildman–Crippen MR) is 52.3 cm³/mol. The van der Waals surface area contributed by atoms with E-state index in [9.17, 15) is 9.18 Å². The van der Waals surface area contributed by atoms with Gasteiger partial charge >= 0.3 is 0 Å². The quantitative estimate of drug-likeness (QED) is 0.695. The number of hydrogen-bond donors (Lipinski definition) is 0. The van der Waals surface area contributed by atoms with Crippen molar-refractivity contribution in [3.8, 4) is 5.75 Å². The third kappa shape index (κ3) is 2.10. The van der Waals surface area contributed by atoms with Gasteiger partial charge < -0.3 is 4.74 Å². The number of hydrogen-bond acceptors (Lipinski definition) is 2. The standard InChI is InChI=1S/C11H13FO2/c1-4-14-11-6-10(12)7(2)5-9(11)8(3)13/h5-6H,4H2,1-3H3. The molecule has 0 saturated heterocycles. The molecule has 0 atom stereocenters. The van der Waals surface area contributed by atoms with Gasteiger partial charge in [0.15, 0.2) is 5.78 Å². The van der Waals surface area contributed by atoms with Crippen LogP contribution < -0.4 is 4.74 Å². The summed E-state index contributed by atoms with van der Waals surface area (Å²) in [5.41, 5.74) is 0.893. The van der Waals surface area contributed by atoms with Crippen LogP contribution in [-0.2, 0) is 0 Å². The van der Waals surface area contributed by atoms with Gasteiger partial charge in [-0.3, -0.25) is 4.79 Å². The van der Waals surface area contributed by atoms with Gasteiger partial charge in [-0.2, -0.15) is 0 Å². The Morgan fingerprint density at radius 3 is 2.64 bits per heavy atom. The molecule has 0 amide bonds. The fourth-order valence-electron chi connectivity index (χ4n) is 1.21. The van der Waals surface area contributed by atoms with Gasteiger partial charge in [-0.25, -0.2) is 4.39 Å². The molecule has 76 valence electrons. The maximum absolute atomic E-state index is 13.2. The van der Waals surface area contributed by atoms with Gasteiger partial charge in [-0.15, -0.1) is 0 Å². The average molecular weight is 196 g/mol. The Hall–Kier alpha value is -1.38. The van der Waals surface area contributed by atoms with Crippen molar-refractivity contribution in [3.05, 3.63) is 29.1 Å². The lowest BCUT2D eigenvalue weighted by Crippen LogP contribution is -2.02. The van der Waals surface area contributed by atoms with Gasteiger partial charge in [0.1, 0.15) is 11.6 Å². The molecular formula is C11H13FO2. The smallest absolute Gasteiger partial charge is 0.163 e. The van der Waals surface area contributed by atoms with Gasteiger partial charge in [0.05, 0.1) is 12.2 Å². The number of halogens is 1. The zero-order valence-electron chi connectivity index (χ0n) is 8.56. The minimum Gasteiger partial charge on any atom is -0.493 e. The summed E-state index contributed by atoms with van der Waals surface area (Å²) < 4.78 is 18.3. The van der Waals surface area contributed by atoms with Crippen molar-refractivity contribution in [2.24, 2.45) is 0 Å². The second-order valence-electron chi connectivity index (χ2n) is 3.09. The maximum atomic E-state index is 13.2. The summed E-state index contributed by atoms with van der Waals surface area (Å²) in [4.78, 5) is 11.2. The van der Waals surface area contributed by atoms with Crippen LogP contribution in [0.4, 0.5) is 4.39 Å². The fourth-order valence-corrected chi connectivity index (χ4v) is 1.21. The Bertz CT molecular complexity index is 359. The Kier molecular flexibility index (Phi) is 3.23. The zero-order valence-corrected chi connectivity index (χ0v) is 8.56. The van der Waals surface area contributed by atoms with Crippen LogP contribution in [0.1, 0.15) is 29.8 Å². The molecule has 0 aliphatic heterocycles. The van der Waals surface area contributed by atoms with Crippen LogP contribution in [0.2, 0.25) is 0 Å². The van der Waals surface area contributed by atoms with E-state index in [0.717, 1.165) is 0 Å². The highest BCUT2D eigenvalue weighted by molar-refractivity contribution is 5.97. The third-order valence-electron chi connectivity index (χ3n) is 1.94. The van der Waals surface area contributed by atoms with E-state index < -0.39 is 0 Å². The van der Waals surface area contributed by atoms with Gasteiger partial charge in [-0.05, 0) is 32.4 Å². The lowest BCUT2D eigenvalue weighted by molar-refractivity contribution is 0.101. The van der Waals surface area contributed by atoms with E-state index in [4.69, 9.17) is 4.74 Å². The Morgan fingerprint density at radius 2 is 2.14 bits per heavy atom. The second-order valence-corrected chi connectivity index (χ2v) is 3.09. The predicted octanol–water partition coefficient (Wildman–Crippen LogP) is 2.74. The molecule has 3 heteroatoms. The van der Waals surface area contributed by atoms with Gasteiger partial charge in [0, 0.05) is 6.07 Å². The molecule has 0 aliphatic rings. The molecule has 2 nitrogen and oxygen atoms in total. The lowest BCUT2D eigenvalue weighted by atomic mass is 10.1. The van der Waals surface area contributed by atoms with E-state index >= 15 is 0 Å². The molecule has 0 radical (unpaired) electrons. The zero-order chi connectivity index (χ0) is 10.7. The van der Waals surface area contributed by atoms with Crippen molar-refractivity contribution < 1.29 is 13.9 Å². The maximum Gasteiger partial charge on any atom is 0.163 e. The number of rotatable bonds is 3. The first-order valence-electron chi connectivity index (χ1n) is 4.50. The highest BCUT2D eigenvalue weighted by Crippen LogP contribution is 2.23. The summed E-state index contributed by atoms with van der Waals surface area (Å²) in [5, 5.41) is 0. The number of benzene rings is 1. The van der Waals surface area contributed by atoms with Gasteiger partial charge in [0.25, 0.3) is 0 Å². The molecule has 0 aromatic heterocycles. The topological polar surface area (TPSA) is 26.3 Å². The molecule has 0 aliphatic carbocycles.